The second kappa shape index (κ2) is 5.97. The number of carbonyl (C=O) groups excluding carboxylic acids is 1. The number of nitrogens with one attached hydrogen (secondary N) is 1. The maximum atomic E-state index is 12.8. The molecule has 5 nitrogen and oxygen atoms in total. The van der Waals surface area contributed by atoms with Gasteiger partial charge in [-0.3, -0.25) is 14.8 Å². The van der Waals surface area contributed by atoms with Gasteiger partial charge < -0.3 is 10.2 Å². The zero-order valence-corrected chi connectivity index (χ0v) is 15.1. The molecule has 2 fully saturated rings. The van der Waals surface area contributed by atoms with Crippen molar-refractivity contribution in [1.29, 1.82) is 0 Å². The number of amides is 1. The highest BCUT2D eigenvalue weighted by atomic mass is 16.2. The van der Waals surface area contributed by atoms with Crippen LogP contribution in [-0.2, 0) is 0 Å². The molecule has 0 spiro atoms. The first kappa shape index (κ1) is 16.3. The molecule has 2 bridgehead atoms. The van der Waals surface area contributed by atoms with Crippen LogP contribution >= 0.6 is 0 Å². The zero-order chi connectivity index (χ0) is 17.5. The van der Waals surface area contributed by atoms with E-state index in [1.165, 1.54) is 12.1 Å². The summed E-state index contributed by atoms with van der Waals surface area (Å²) < 4.78 is 0. The fourth-order valence-corrected chi connectivity index (χ4v) is 5.03. The van der Waals surface area contributed by atoms with Gasteiger partial charge in [-0.2, -0.15) is 0 Å². The van der Waals surface area contributed by atoms with Crippen LogP contribution < -0.4 is 5.32 Å². The van der Waals surface area contributed by atoms with Gasteiger partial charge >= 0.3 is 0 Å². The summed E-state index contributed by atoms with van der Waals surface area (Å²) in [6.07, 6.45) is 12.3. The maximum Gasteiger partial charge on any atom is 0.270 e. The van der Waals surface area contributed by atoms with Gasteiger partial charge in [0.1, 0.15) is 5.69 Å². The van der Waals surface area contributed by atoms with E-state index in [-0.39, 0.29) is 17.0 Å². The largest absolute Gasteiger partial charge is 0.363 e. The molecule has 25 heavy (non-hydrogen) atoms. The lowest BCUT2D eigenvalue weighted by molar-refractivity contribution is 0.0766. The molecule has 0 saturated heterocycles. The van der Waals surface area contributed by atoms with Gasteiger partial charge in [-0.25, -0.2) is 0 Å². The van der Waals surface area contributed by atoms with Crippen LogP contribution in [0.15, 0.2) is 35.2 Å². The topological polar surface area (TPSA) is 57.6 Å². The van der Waals surface area contributed by atoms with Gasteiger partial charge in [-0.1, -0.05) is 0 Å². The van der Waals surface area contributed by atoms with Crippen LogP contribution in [-0.4, -0.2) is 39.6 Å². The lowest BCUT2D eigenvalue weighted by Gasteiger charge is -2.48. The molecule has 1 aromatic heterocycles. The van der Waals surface area contributed by atoms with E-state index in [2.05, 4.69) is 27.1 Å². The van der Waals surface area contributed by atoms with E-state index >= 15 is 0 Å². The number of aryl methyl sites for hydroxylation is 1. The van der Waals surface area contributed by atoms with Crippen molar-refractivity contribution in [3.63, 3.8) is 0 Å². The van der Waals surface area contributed by atoms with E-state index < -0.39 is 0 Å². The summed E-state index contributed by atoms with van der Waals surface area (Å²) in [6.45, 7) is 5.02. The Hall–Kier alpha value is -2.17. The van der Waals surface area contributed by atoms with Crippen LogP contribution in [0.3, 0.4) is 0 Å². The number of fused-ring (bicyclic) bond motifs is 2. The summed E-state index contributed by atoms with van der Waals surface area (Å²) in [6, 6.07) is 3.79. The lowest BCUT2D eigenvalue weighted by atomic mass is 9.77. The van der Waals surface area contributed by atoms with Gasteiger partial charge in [0.25, 0.3) is 5.91 Å². The average molecular weight is 338 g/mol. The number of allylic oxidation sites excluding steroid dienone is 1. The third-order valence-corrected chi connectivity index (χ3v) is 6.19. The van der Waals surface area contributed by atoms with Gasteiger partial charge in [-0.15, -0.1) is 0 Å². The Labute approximate surface area is 149 Å². The minimum atomic E-state index is -0.0877. The highest BCUT2D eigenvalue weighted by Gasteiger charge is 2.54. The van der Waals surface area contributed by atoms with Crippen LogP contribution in [0.5, 0.6) is 0 Å². The Balaban J connectivity index is 1.54. The Bertz CT molecular complexity index is 756. The van der Waals surface area contributed by atoms with Crippen molar-refractivity contribution in [1.82, 2.24) is 15.2 Å². The van der Waals surface area contributed by atoms with Crippen molar-refractivity contribution < 1.29 is 4.79 Å². The van der Waals surface area contributed by atoms with Gasteiger partial charge in [0.05, 0.1) is 6.54 Å². The van der Waals surface area contributed by atoms with Gasteiger partial charge in [0.15, 0.2) is 0 Å². The van der Waals surface area contributed by atoms with Crippen LogP contribution in [0.1, 0.15) is 61.5 Å². The van der Waals surface area contributed by atoms with Crippen LogP contribution in [0.25, 0.3) is 0 Å². The predicted octanol–water partition coefficient (Wildman–Crippen LogP) is 3.21. The van der Waals surface area contributed by atoms with Crippen LogP contribution in [0, 0.1) is 6.92 Å². The number of hydrogen-bond acceptors (Lipinski definition) is 4. The van der Waals surface area contributed by atoms with E-state index in [4.69, 9.17) is 0 Å². The number of aromatic nitrogens is 1. The van der Waals surface area contributed by atoms with Gasteiger partial charge in [0, 0.05) is 35.4 Å². The number of pyridine rings is 1. The standard InChI is InChI=1S/C20H26N4O/c1-15-4-9-22-17(12-15)18(25)23-19-5-3-6-20(14-19,8-7-19)24-11-10-21-13-16(24)2/h4,9-10,12-13H,3,5-8,11,14H2,1-2H3,(H,23,25). The predicted molar refractivity (Wildman–Crippen MR) is 98.6 cm³/mol. The Morgan fingerprint density at radius 3 is 2.92 bits per heavy atom. The second-order valence-corrected chi connectivity index (χ2v) is 7.92. The molecule has 5 heteroatoms. The zero-order valence-electron chi connectivity index (χ0n) is 15.1. The second-order valence-electron chi connectivity index (χ2n) is 7.92. The smallest absolute Gasteiger partial charge is 0.270 e. The highest BCUT2D eigenvalue weighted by molar-refractivity contribution is 5.93. The Morgan fingerprint density at radius 2 is 2.12 bits per heavy atom. The fourth-order valence-electron chi connectivity index (χ4n) is 5.03. The molecule has 1 aromatic rings. The normalized spacial score (nSPS) is 31.0. The summed E-state index contributed by atoms with van der Waals surface area (Å²) in [4.78, 5) is 23.8. The summed E-state index contributed by atoms with van der Waals surface area (Å²) in [5.41, 5.74) is 2.91. The molecule has 2 saturated carbocycles. The Kier molecular flexibility index (Phi) is 3.89. The van der Waals surface area contributed by atoms with Gasteiger partial charge in [-0.05, 0) is 70.1 Å². The van der Waals surface area contributed by atoms with Gasteiger partial charge in [0.2, 0.25) is 0 Å². The molecule has 2 heterocycles. The van der Waals surface area contributed by atoms with E-state index in [0.29, 0.717) is 5.69 Å². The molecule has 3 aliphatic rings. The lowest BCUT2D eigenvalue weighted by Crippen LogP contribution is -2.55. The molecule has 1 aliphatic heterocycles. The summed E-state index contributed by atoms with van der Waals surface area (Å²) >= 11 is 0. The summed E-state index contributed by atoms with van der Waals surface area (Å²) in [7, 11) is 0. The maximum absolute atomic E-state index is 12.8. The molecule has 1 N–H and O–H groups in total. The first-order chi connectivity index (χ1) is 12.0. The molecular weight excluding hydrogens is 312 g/mol. The first-order valence-corrected chi connectivity index (χ1v) is 9.23. The van der Waals surface area contributed by atoms with Crippen molar-refractivity contribution in [2.45, 2.75) is 63.5 Å². The molecule has 1 amide bonds. The molecular formula is C20H26N4O. The van der Waals surface area contributed by atoms with Crippen LogP contribution in [0.4, 0.5) is 0 Å². The third kappa shape index (κ3) is 2.86. The number of carbonyl (C=O) groups is 1. The molecule has 0 aromatic carbocycles. The van der Waals surface area contributed by atoms with E-state index in [0.717, 1.165) is 44.2 Å². The monoisotopic (exact) mass is 338 g/mol. The SMILES string of the molecule is CC1=CN=CCN1C12CCCC(NC(=O)c3cc(C)ccn3)(CC1)C2. The van der Waals surface area contributed by atoms with E-state index in [1.807, 2.05) is 31.5 Å². The molecule has 0 radical (unpaired) electrons. The van der Waals surface area contributed by atoms with E-state index in [9.17, 15) is 4.79 Å². The minimum Gasteiger partial charge on any atom is -0.363 e. The molecule has 132 valence electrons. The van der Waals surface area contributed by atoms with Crippen molar-refractivity contribution >= 4 is 12.1 Å². The summed E-state index contributed by atoms with van der Waals surface area (Å²) in [5, 5.41) is 3.36. The quantitative estimate of drug-likeness (QED) is 0.921. The number of nitrogens with zero attached hydrogens (tertiary/aromatic N) is 3. The van der Waals surface area contributed by atoms with Crippen LogP contribution in [0.2, 0.25) is 0 Å². The minimum absolute atomic E-state index is 0.0335. The molecule has 2 aliphatic carbocycles. The molecule has 2 unspecified atom stereocenters. The fraction of sp³-hybridized carbons (Fsp3) is 0.550. The van der Waals surface area contributed by atoms with Crippen molar-refractivity contribution in [3.8, 4) is 0 Å². The Morgan fingerprint density at radius 1 is 1.24 bits per heavy atom. The average Bonchev–Trinajstić information content (AvgIpc) is 2.86. The van der Waals surface area contributed by atoms with Crippen molar-refractivity contribution in [2.24, 2.45) is 4.99 Å². The molecule has 2 atom stereocenters. The molecule has 4 rings (SSSR count). The van der Waals surface area contributed by atoms with E-state index in [1.54, 1.807) is 6.20 Å². The summed E-state index contributed by atoms with van der Waals surface area (Å²) in [5.74, 6) is -0.0335. The van der Waals surface area contributed by atoms with Crippen molar-refractivity contribution in [3.05, 3.63) is 41.5 Å². The number of aliphatic imine (C=N–C) groups is 1. The number of hydrogen-bond donors (Lipinski definition) is 1. The highest BCUT2D eigenvalue weighted by Crippen LogP contribution is 2.52. The number of rotatable bonds is 3. The van der Waals surface area contributed by atoms with Crippen molar-refractivity contribution in [2.75, 3.05) is 6.54 Å². The first-order valence-electron chi connectivity index (χ1n) is 9.23. The third-order valence-electron chi connectivity index (χ3n) is 6.19.